The summed E-state index contributed by atoms with van der Waals surface area (Å²) in [5.41, 5.74) is -0.985. The van der Waals surface area contributed by atoms with Crippen molar-refractivity contribution in [2.45, 2.75) is 26.2 Å². The van der Waals surface area contributed by atoms with Gasteiger partial charge < -0.3 is 9.84 Å². The molecule has 94 valence electrons. The molecule has 1 atom stereocenters. The summed E-state index contributed by atoms with van der Waals surface area (Å²) in [6.07, 6.45) is 1.13. The van der Waals surface area contributed by atoms with E-state index < -0.39 is 21.2 Å². The minimum absolute atomic E-state index is 0.0590. The van der Waals surface area contributed by atoms with Crippen LogP contribution in [0.5, 0.6) is 0 Å². The van der Waals surface area contributed by atoms with Gasteiger partial charge in [0.2, 0.25) is 0 Å². The SMILES string of the molecule is CCCS(=O)(=O)CCC1(C(=O)O)CCOC1. The van der Waals surface area contributed by atoms with E-state index in [2.05, 4.69) is 0 Å². The highest BCUT2D eigenvalue weighted by Crippen LogP contribution is 2.33. The third kappa shape index (κ3) is 3.18. The van der Waals surface area contributed by atoms with Crippen molar-refractivity contribution in [2.75, 3.05) is 24.7 Å². The summed E-state index contributed by atoms with van der Waals surface area (Å²) in [6.45, 7) is 2.33. The molecular weight excluding hydrogens is 232 g/mol. The molecule has 0 bridgehead atoms. The Kier molecular flexibility index (Phi) is 4.32. The lowest BCUT2D eigenvalue weighted by Crippen LogP contribution is -2.34. The van der Waals surface area contributed by atoms with Gasteiger partial charge in [-0.1, -0.05) is 6.92 Å². The summed E-state index contributed by atoms with van der Waals surface area (Å²) in [6, 6.07) is 0. The van der Waals surface area contributed by atoms with Gasteiger partial charge in [-0.3, -0.25) is 4.79 Å². The summed E-state index contributed by atoms with van der Waals surface area (Å²) in [4.78, 5) is 11.1. The van der Waals surface area contributed by atoms with Gasteiger partial charge in [0, 0.05) is 12.4 Å². The fourth-order valence-electron chi connectivity index (χ4n) is 1.84. The first-order valence-electron chi connectivity index (χ1n) is 5.43. The van der Waals surface area contributed by atoms with Crippen molar-refractivity contribution in [1.29, 1.82) is 0 Å². The van der Waals surface area contributed by atoms with Crippen LogP contribution in [0.15, 0.2) is 0 Å². The molecule has 1 aliphatic heterocycles. The highest BCUT2D eigenvalue weighted by Gasteiger charge is 2.42. The maximum atomic E-state index is 11.5. The van der Waals surface area contributed by atoms with Crippen molar-refractivity contribution < 1.29 is 23.1 Å². The van der Waals surface area contributed by atoms with E-state index in [-0.39, 0.29) is 24.5 Å². The van der Waals surface area contributed by atoms with Crippen molar-refractivity contribution >= 4 is 15.8 Å². The van der Waals surface area contributed by atoms with Gasteiger partial charge >= 0.3 is 5.97 Å². The number of rotatable bonds is 6. The van der Waals surface area contributed by atoms with Crippen LogP contribution in [-0.2, 0) is 19.4 Å². The van der Waals surface area contributed by atoms with Gasteiger partial charge in [-0.05, 0) is 19.3 Å². The Morgan fingerprint density at radius 2 is 2.12 bits per heavy atom. The Bertz CT molecular complexity index is 340. The van der Waals surface area contributed by atoms with E-state index in [1.165, 1.54) is 0 Å². The molecule has 0 aliphatic carbocycles. The molecular formula is C10H18O5S. The first-order chi connectivity index (χ1) is 7.42. The molecule has 0 aromatic carbocycles. The number of sulfone groups is 1. The molecule has 1 fully saturated rings. The molecule has 6 heteroatoms. The van der Waals surface area contributed by atoms with E-state index in [4.69, 9.17) is 9.84 Å². The van der Waals surface area contributed by atoms with Crippen LogP contribution in [-0.4, -0.2) is 44.2 Å². The monoisotopic (exact) mass is 250 g/mol. The highest BCUT2D eigenvalue weighted by atomic mass is 32.2. The fraction of sp³-hybridized carbons (Fsp3) is 0.900. The van der Waals surface area contributed by atoms with Crippen LogP contribution in [0.1, 0.15) is 26.2 Å². The quantitative estimate of drug-likeness (QED) is 0.750. The molecule has 0 amide bonds. The predicted molar refractivity (Wildman–Crippen MR) is 59.1 cm³/mol. The average molecular weight is 250 g/mol. The Hall–Kier alpha value is -0.620. The summed E-state index contributed by atoms with van der Waals surface area (Å²) >= 11 is 0. The fourth-order valence-corrected chi connectivity index (χ4v) is 3.37. The van der Waals surface area contributed by atoms with Crippen LogP contribution in [0.25, 0.3) is 0 Å². The summed E-state index contributed by atoms with van der Waals surface area (Å²) in [7, 11) is -3.11. The Morgan fingerprint density at radius 3 is 2.56 bits per heavy atom. The molecule has 1 aliphatic rings. The van der Waals surface area contributed by atoms with E-state index >= 15 is 0 Å². The number of aliphatic carboxylic acids is 1. The molecule has 1 unspecified atom stereocenters. The van der Waals surface area contributed by atoms with Crippen molar-refractivity contribution in [3.8, 4) is 0 Å². The zero-order valence-electron chi connectivity index (χ0n) is 9.44. The molecule has 1 heterocycles. The zero-order chi connectivity index (χ0) is 12.2. The van der Waals surface area contributed by atoms with Gasteiger partial charge in [-0.15, -0.1) is 0 Å². The average Bonchev–Trinajstić information content (AvgIpc) is 2.64. The highest BCUT2D eigenvalue weighted by molar-refractivity contribution is 7.91. The van der Waals surface area contributed by atoms with Crippen LogP contribution in [0.3, 0.4) is 0 Å². The summed E-state index contributed by atoms with van der Waals surface area (Å²) < 4.78 is 28.1. The van der Waals surface area contributed by atoms with Crippen LogP contribution in [0.2, 0.25) is 0 Å². The van der Waals surface area contributed by atoms with E-state index in [1.807, 2.05) is 0 Å². The lowest BCUT2D eigenvalue weighted by Gasteiger charge is -2.21. The van der Waals surface area contributed by atoms with Crippen molar-refractivity contribution in [2.24, 2.45) is 5.41 Å². The maximum Gasteiger partial charge on any atom is 0.312 e. The first-order valence-corrected chi connectivity index (χ1v) is 7.25. The van der Waals surface area contributed by atoms with E-state index in [1.54, 1.807) is 6.92 Å². The number of carboxylic acids is 1. The van der Waals surface area contributed by atoms with Crippen LogP contribution in [0, 0.1) is 5.41 Å². The van der Waals surface area contributed by atoms with Gasteiger partial charge in [0.15, 0.2) is 0 Å². The third-order valence-electron chi connectivity index (χ3n) is 2.96. The molecule has 5 nitrogen and oxygen atoms in total. The van der Waals surface area contributed by atoms with Crippen LogP contribution in [0.4, 0.5) is 0 Å². The summed E-state index contributed by atoms with van der Waals surface area (Å²) in [5.74, 6) is -0.878. The molecule has 1 N–H and O–H groups in total. The zero-order valence-corrected chi connectivity index (χ0v) is 10.3. The normalized spacial score (nSPS) is 25.8. The Labute approximate surface area is 95.7 Å². The minimum Gasteiger partial charge on any atom is -0.481 e. The number of hydrogen-bond acceptors (Lipinski definition) is 4. The smallest absolute Gasteiger partial charge is 0.312 e. The number of carboxylic acid groups (broad SMARTS) is 1. The van der Waals surface area contributed by atoms with Gasteiger partial charge in [0.25, 0.3) is 0 Å². The van der Waals surface area contributed by atoms with Crippen molar-refractivity contribution in [3.05, 3.63) is 0 Å². The number of ether oxygens (including phenoxy) is 1. The Morgan fingerprint density at radius 1 is 1.44 bits per heavy atom. The van der Waals surface area contributed by atoms with Crippen LogP contribution >= 0.6 is 0 Å². The van der Waals surface area contributed by atoms with Crippen molar-refractivity contribution in [1.82, 2.24) is 0 Å². The largest absolute Gasteiger partial charge is 0.481 e. The van der Waals surface area contributed by atoms with Crippen molar-refractivity contribution in [3.63, 3.8) is 0 Å². The van der Waals surface area contributed by atoms with E-state index in [0.29, 0.717) is 19.4 Å². The molecule has 0 aromatic heterocycles. The lowest BCUT2D eigenvalue weighted by molar-refractivity contribution is -0.149. The number of carbonyl (C=O) groups is 1. The molecule has 0 spiro atoms. The van der Waals surface area contributed by atoms with Gasteiger partial charge in [-0.25, -0.2) is 8.42 Å². The second kappa shape index (κ2) is 5.14. The molecule has 0 aromatic rings. The van der Waals surface area contributed by atoms with E-state index in [9.17, 15) is 13.2 Å². The second-order valence-corrected chi connectivity index (χ2v) is 6.59. The van der Waals surface area contributed by atoms with Gasteiger partial charge in [0.05, 0.1) is 17.8 Å². The molecule has 16 heavy (non-hydrogen) atoms. The van der Waals surface area contributed by atoms with Gasteiger partial charge in [0.1, 0.15) is 9.84 Å². The minimum atomic E-state index is -3.11. The first kappa shape index (κ1) is 13.4. The van der Waals surface area contributed by atoms with Crippen LogP contribution < -0.4 is 0 Å². The topological polar surface area (TPSA) is 80.7 Å². The lowest BCUT2D eigenvalue weighted by atomic mass is 9.85. The predicted octanol–water partition coefficient (Wildman–Crippen LogP) is 0.693. The standard InChI is InChI=1S/C10H18O5S/c1-2-6-16(13,14)7-4-10(9(11)12)3-5-15-8-10/h2-8H2,1H3,(H,11,12). The summed E-state index contributed by atoms with van der Waals surface area (Å²) in [5, 5.41) is 9.12. The maximum absolute atomic E-state index is 11.5. The number of hydrogen-bond donors (Lipinski definition) is 1. The molecule has 1 saturated heterocycles. The molecule has 0 saturated carbocycles. The molecule has 1 rings (SSSR count). The Balaban J connectivity index is 2.61. The van der Waals surface area contributed by atoms with Gasteiger partial charge in [-0.2, -0.15) is 0 Å². The third-order valence-corrected chi connectivity index (χ3v) is 4.82. The molecule has 0 radical (unpaired) electrons. The second-order valence-electron chi connectivity index (χ2n) is 4.29. The van der Waals surface area contributed by atoms with E-state index in [0.717, 1.165) is 0 Å².